The molecular weight excluding hydrogens is 284 g/mol. The molecule has 2 heterocycles. The molecule has 6 heteroatoms. The van der Waals surface area contributed by atoms with E-state index in [9.17, 15) is 9.59 Å². The smallest absolute Gasteiger partial charge is 0.249 e. The summed E-state index contributed by atoms with van der Waals surface area (Å²) < 4.78 is 10.9. The van der Waals surface area contributed by atoms with Crippen molar-refractivity contribution in [2.24, 2.45) is 0 Å². The summed E-state index contributed by atoms with van der Waals surface area (Å²) >= 11 is 0. The van der Waals surface area contributed by atoms with Crippen LogP contribution in [0.4, 0.5) is 5.69 Å². The van der Waals surface area contributed by atoms with Gasteiger partial charge in [0.25, 0.3) is 0 Å². The van der Waals surface area contributed by atoms with Crippen LogP contribution in [-0.2, 0) is 20.7 Å². The largest absolute Gasteiger partial charge is 0.491 e. The van der Waals surface area contributed by atoms with Gasteiger partial charge in [-0.2, -0.15) is 0 Å². The van der Waals surface area contributed by atoms with Gasteiger partial charge >= 0.3 is 0 Å². The number of hydrogen-bond acceptors (Lipinski definition) is 4. The van der Waals surface area contributed by atoms with E-state index in [1.165, 1.54) is 0 Å². The molecule has 0 aliphatic carbocycles. The molecule has 1 atom stereocenters. The molecule has 0 radical (unpaired) electrons. The molecule has 22 heavy (non-hydrogen) atoms. The first-order valence-electron chi connectivity index (χ1n) is 7.67. The van der Waals surface area contributed by atoms with Crippen molar-refractivity contribution in [1.82, 2.24) is 5.32 Å². The number of ether oxygens (including phenoxy) is 2. The van der Waals surface area contributed by atoms with Crippen molar-refractivity contribution in [2.75, 3.05) is 25.1 Å². The van der Waals surface area contributed by atoms with E-state index in [0.717, 1.165) is 18.4 Å². The Kier molecular flexibility index (Phi) is 4.58. The number of rotatable bonds is 4. The zero-order valence-corrected chi connectivity index (χ0v) is 12.4. The molecule has 1 fully saturated rings. The number of carbonyl (C=O) groups excluding carboxylic acids is 2. The van der Waals surface area contributed by atoms with Gasteiger partial charge in [-0.3, -0.25) is 9.59 Å². The molecule has 2 amide bonds. The van der Waals surface area contributed by atoms with Crippen LogP contribution in [0.15, 0.2) is 18.2 Å². The molecule has 0 saturated carbocycles. The molecule has 2 aliphatic rings. The Morgan fingerprint density at radius 3 is 3.09 bits per heavy atom. The van der Waals surface area contributed by atoms with Crippen molar-refractivity contribution < 1.29 is 19.1 Å². The van der Waals surface area contributed by atoms with Gasteiger partial charge in [0, 0.05) is 13.2 Å². The molecule has 1 aromatic rings. The molecule has 2 N–H and O–H groups in total. The standard InChI is InChI=1S/C16H20N2O4/c19-15-6-9-22-13-4-3-11(10-12(13)18-15)5-7-17-16(20)14-2-1-8-21-14/h3-4,10,14H,1-2,5-9H2,(H,17,20)(H,18,19). The molecule has 2 aliphatic heterocycles. The fourth-order valence-corrected chi connectivity index (χ4v) is 2.65. The number of anilines is 1. The summed E-state index contributed by atoms with van der Waals surface area (Å²) in [6, 6.07) is 5.71. The van der Waals surface area contributed by atoms with E-state index in [1.54, 1.807) is 0 Å². The lowest BCUT2D eigenvalue weighted by molar-refractivity contribution is -0.130. The fourth-order valence-electron chi connectivity index (χ4n) is 2.65. The van der Waals surface area contributed by atoms with E-state index in [1.807, 2.05) is 18.2 Å². The van der Waals surface area contributed by atoms with Gasteiger partial charge in [0.2, 0.25) is 11.8 Å². The van der Waals surface area contributed by atoms with Crippen molar-refractivity contribution in [1.29, 1.82) is 0 Å². The van der Waals surface area contributed by atoms with Crippen molar-refractivity contribution in [3.63, 3.8) is 0 Å². The highest BCUT2D eigenvalue weighted by Gasteiger charge is 2.22. The number of fused-ring (bicyclic) bond motifs is 1. The van der Waals surface area contributed by atoms with E-state index in [0.29, 0.717) is 44.0 Å². The third-order valence-electron chi connectivity index (χ3n) is 3.84. The summed E-state index contributed by atoms with van der Waals surface area (Å²) in [4.78, 5) is 23.4. The third-order valence-corrected chi connectivity index (χ3v) is 3.84. The van der Waals surface area contributed by atoms with Gasteiger partial charge < -0.3 is 20.1 Å². The molecule has 1 unspecified atom stereocenters. The van der Waals surface area contributed by atoms with Crippen molar-refractivity contribution in [3.05, 3.63) is 23.8 Å². The van der Waals surface area contributed by atoms with Crippen LogP contribution in [0.3, 0.4) is 0 Å². The average Bonchev–Trinajstić information content (AvgIpc) is 2.97. The predicted molar refractivity (Wildman–Crippen MR) is 80.9 cm³/mol. The van der Waals surface area contributed by atoms with E-state index < -0.39 is 0 Å². The molecule has 3 rings (SSSR count). The van der Waals surface area contributed by atoms with Gasteiger partial charge in [-0.05, 0) is 37.0 Å². The second-order valence-corrected chi connectivity index (χ2v) is 5.52. The minimum absolute atomic E-state index is 0.0381. The summed E-state index contributed by atoms with van der Waals surface area (Å²) in [6.45, 7) is 1.62. The molecule has 0 bridgehead atoms. The lowest BCUT2D eigenvalue weighted by Gasteiger charge is -2.12. The molecule has 6 nitrogen and oxygen atoms in total. The number of amides is 2. The van der Waals surface area contributed by atoms with Gasteiger partial charge in [0.1, 0.15) is 11.9 Å². The molecular formula is C16H20N2O4. The third kappa shape index (κ3) is 3.57. The first-order chi connectivity index (χ1) is 10.7. The number of hydrogen-bond donors (Lipinski definition) is 2. The average molecular weight is 304 g/mol. The van der Waals surface area contributed by atoms with Crippen molar-refractivity contribution in [2.45, 2.75) is 31.8 Å². The van der Waals surface area contributed by atoms with Gasteiger partial charge in [-0.15, -0.1) is 0 Å². The van der Waals surface area contributed by atoms with Gasteiger partial charge in [0.15, 0.2) is 0 Å². The van der Waals surface area contributed by atoms with Crippen molar-refractivity contribution >= 4 is 17.5 Å². The zero-order valence-electron chi connectivity index (χ0n) is 12.4. The fraction of sp³-hybridized carbons (Fsp3) is 0.500. The highest BCUT2D eigenvalue weighted by molar-refractivity contribution is 5.93. The van der Waals surface area contributed by atoms with Crippen LogP contribution in [0.5, 0.6) is 5.75 Å². The van der Waals surface area contributed by atoms with E-state index in [2.05, 4.69) is 10.6 Å². The number of carbonyl (C=O) groups is 2. The Bertz CT molecular complexity index is 567. The maximum absolute atomic E-state index is 11.8. The summed E-state index contributed by atoms with van der Waals surface area (Å²) in [5.41, 5.74) is 1.74. The lowest BCUT2D eigenvalue weighted by atomic mass is 10.1. The monoisotopic (exact) mass is 304 g/mol. The first-order valence-corrected chi connectivity index (χ1v) is 7.67. The maximum Gasteiger partial charge on any atom is 0.249 e. The minimum Gasteiger partial charge on any atom is -0.491 e. The van der Waals surface area contributed by atoms with Crippen LogP contribution in [0.25, 0.3) is 0 Å². The predicted octanol–water partition coefficient (Wildman–Crippen LogP) is 1.25. The van der Waals surface area contributed by atoms with E-state index >= 15 is 0 Å². The Morgan fingerprint density at radius 1 is 1.36 bits per heavy atom. The van der Waals surface area contributed by atoms with Gasteiger partial charge in [-0.25, -0.2) is 0 Å². The van der Waals surface area contributed by atoms with Crippen molar-refractivity contribution in [3.8, 4) is 5.75 Å². The van der Waals surface area contributed by atoms with Crippen LogP contribution >= 0.6 is 0 Å². The maximum atomic E-state index is 11.8. The Morgan fingerprint density at radius 2 is 2.27 bits per heavy atom. The summed E-state index contributed by atoms with van der Waals surface area (Å²) in [5.74, 6) is 0.615. The SMILES string of the molecule is O=C1CCOc2ccc(CCNC(=O)C3CCCO3)cc2N1. The summed E-state index contributed by atoms with van der Waals surface area (Å²) in [5, 5.41) is 5.73. The topological polar surface area (TPSA) is 76.7 Å². The number of nitrogens with one attached hydrogen (secondary N) is 2. The Balaban J connectivity index is 1.54. The zero-order chi connectivity index (χ0) is 15.4. The molecule has 0 spiro atoms. The van der Waals surface area contributed by atoms with Crippen LogP contribution in [0.2, 0.25) is 0 Å². The van der Waals surface area contributed by atoms with E-state index in [4.69, 9.17) is 9.47 Å². The highest BCUT2D eigenvalue weighted by atomic mass is 16.5. The number of benzene rings is 1. The second-order valence-electron chi connectivity index (χ2n) is 5.52. The van der Waals surface area contributed by atoms with Crippen LogP contribution in [-0.4, -0.2) is 37.7 Å². The summed E-state index contributed by atoms with van der Waals surface area (Å²) in [6.07, 6.45) is 2.51. The molecule has 118 valence electrons. The molecule has 0 aromatic heterocycles. The summed E-state index contributed by atoms with van der Waals surface area (Å²) in [7, 11) is 0. The Labute approximate surface area is 129 Å². The van der Waals surface area contributed by atoms with Gasteiger partial charge in [-0.1, -0.05) is 6.07 Å². The second kappa shape index (κ2) is 6.79. The lowest BCUT2D eigenvalue weighted by Crippen LogP contribution is -2.35. The molecule has 1 saturated heterocycles. The van der Waals surface area contributed by atoms with Crippen LogP contribution in [0.1, 0.15) is 24.8 Å². The quantitative estimate of drug-likeness (QED) is 0.877. The minimum atomic E-state index is -0.292. The van der Waals surface area contributed by atoms with Crippen LogP contribution < -0.4 is 15.4 Å². The highest BCUT2D eigenvalue weighted by Crippen LogP contribution is 2.28. The molecule has 1 aromatic carbocycles. The van der Waals surface area contributed by atoms with Gasteiger partial charge in [0.05, 0.1) is 18.7 Å². The normalized spacial score (nSPS) is 20.5. The first kappa shape index (κ1) is 14.8. The van der Waals surface area contributed by atoms with E-state index in [-0.39, 0.29) is 17.9 Å². The van der Waals surface area contributed by atoms with Crippen LogP contribution in [0, 0.1) is 0 Å². The Hall–Kier alpha value is -2.08.